The van der Waals surface area contributed by atoms with Crippen LogP contribution < -0.4 is 5.32 Å². The highest BCUT2D eigenvalue weighted by molar-refractivity contribution is 7.89. The van der Waals surface area contributed by atoms with E-state index in [2.05, 4.69) is 5.32 Å². The van der Waals surface area contributed by atoms with Crippen LogP contribution in [0.3, 0.4) is 0 Å². The minimum atomic E-state index is -3.83. The van der Waals surface area contributed by atoms with E-state index in [1.807, 2.05) is 20.8 Å². The van der Waals surface area contributed by atoms with Crippen LogP contribution in [0.5, 0.6) is 0 Å². The van der Waals surface area contributed by atoms with Gasteiger partial charge in [-0.15, -0.1) is 0 Å². The van der Waals surface area contributed by atoms with Crippen LogP contribution in [0.4, 0.5) is 0 Å². The van der Waals surface area contributed by atoms with Crippen molar-refractivity contribution in [2.24, 2.45) is 0 Å². The zero-order valence-corrected chi connectivity index (χ0v) is 18.8. The number of hydrogen-bond acceptors (Lipinski definition) is 6. The van der Waals surface area contributed by atoms with Crippen molar-refractivity contribution >= 4 is 27.8 Å². The molecule has 30 heavy (non-hydrogen) atoms. The number of carbonyl (C=O) groups excluding carboxylic acids is 3. The van der Waals surface area contributed by atoms with Crippen molar-refractivity contribution < 1.29 is 27.5 Å². The second-order valence-corrected chi connectivity index (χ2v) is 10.2. The van der Waals surface area contributed by atoms with Gasteiger partial charge in [-0.1, -0.05) is 6.07 Å². The summed E-state index contributed by atoms with van der Waals surface area (Å²) in [6, 6.07) is 5.53. The van der Waals surface area contributed by atoms with Crippen LogP contribution in [0.15, 0.2) is 29.2 Å². The van der Waals surface area contributed by atoms with Crippen LogP contribution in [0.1, 0.15) is 45.0 Å². The molecule has 0 radical (unpaired) electrons. The number of esters is 1. The Kier molecular flexibility index (Phi) is 7.25. The fourth-order valence-electron chi connectivity index (χ4n) is 2.93. The Hall–Kier alpha value is -2.46. The Morgan fingerprint density at radius 3 is 2.23 bits per heavy atom. The van der Waals surface area contributed by atoms with Crippen molar-refractivity contribution in [3.05, 3.63) is 29.8 Å². The quantitative estimate of drug-likeness (QED) is 0.685. The topological polar surface area (TPSA) is 113 Å². The average Bonchev–Trinajstić information content (AvgIpc) is 2.66. The van der Waals surface area contributed by atoms with Gasteiger partial charge in [-0.25, -0.2) is 13.2 Å². The molecule has 10 heteroatoms. The second-order valence-electron chi connectivity index (χ2n) is 8.22. The fraction of sp³-hybridized carbons (Fsp3) is 0.550. The third-order valence-electron chi connectivity index (χ3n) is 4.54. The van der Waals surface area contributed by atoms with Gasteiger partial charge in [0.05, 0.1) is 10.5 Å². The highest BCUT2D eigenvalue weighted by Crippen LogP contribution is 2.20. The summed E-state index contributed by atoms with van der Waals surface area (Å²) in [6.07, 6.45) is -1.03. The molecule has 1 saturated heterocycles. The number of benzene rings is 1. The van der Waals surface area contributed by atoms with Gasteiger partial charge in [0, 0.05) is 38.6 Å². The second kappa shape index (κ2) is 9.13. The zero-order valence-electron chi connectivity index (χ0n) is 18.0. The predicted molar refractivity (Wildman–Crippen MR) is 110 cm³/mol. The van der Waals surface area contributed by atoms with Crippen molar-refractivity contribution in [1.82, 2.24) is 14.5 Å². The normalized spacial score (nSPS) is 16.6. The van der Waals surface area contributed by atoms with Crippen molar-refractivity contribution in [1.29, 1.82) is 0 Å². The van der Waals surface area contributed by atoms with Gasteiger partial charge < -0.3 is 15.0 Å². The summed E-state index contributed by atoms with van der Waals surface area (Å²) in [4.78, 5) is 37.5. The van der Waals surface area contributed by atoms with Crippen LogP contribution in [-0.4, -0.2) is 73.2 Å². The summed E-state index contributed by atoms with van der Waals surface area (Å²) in [7, 11) is -3.83. The number of ether oxygens (including phenoxy) is 1. The number of nitrogens with one attached hydrogen (secondary N) is 1. The van der Waals surface area contributed by atoms with Gasteiger partial charge in [-0.05, 0) is 45.9 Å². The van der Waals surface area contributed by atoms with Crippen molar-refractivity contribution in [2.75, 3.05) is 26.2 Å². The summed E-state index contributed by atoms with van der Waals surface area (Å²) in [6.45, 7) is 9.32. The number of carbonyl (C=O) groups is 3. The molecule has 1 unspecified atom stereocenters. The monoisotopic (exact) mass is 439 g/mol. The van der Waals surface area contributed by atoms with E-state index in [1.54, 1.807) is 4.90 Å². The van der Waals surface area contributed by atoms with Crippen molar-refractivity contribution in [2.45, 2.75) is 51.2 Å². The molecule has 1 aliphatic rings. The van der Waals surface area contributed by atoms with E-state index in [4.69, 9.17) is 4.74 Å². The fourth-order valence-corrected chi connectivity index (χ4v) is 4.40. The summed E-state index contributed by atoms with van der Waals surface area (Å²) in [5.74, 6) is -1.32. The van der Waals surface area contributed by atoms with Gasteiger partial charge in [0.15, 0.2) is 6.10 Å². The summed E-state index contributed by atoms with van der Waals surface area (Å²) in [5.41, 5.74) is -0.438. The summed E-state index contributed by atoms with van der Waals surface area (Å²) >= 11 is 0. The Bertz CT molecular complexity index is 915. The molecule has 1 fully saturated rings. The highest BCUT2D eigenvalue weighted by Gasteiger charge is 2.30. The number of nitrogens with zero attached hydrogens (tertiary/aromatic N) is 2. The van der Waals surface area contributed by atoms with E-state index >= 15 is 0 Å². The summed E-state index contributed by atoms with van der Waals surface area (Å²) in [5, 5.41) is 2.72. The number of rotatable bonds is 5. The Labute approximate surface area is 177 Å². The van der Waals surface area contributed by atoms with E-state index in [0.717, 1.165) is 0 Å². The summed E-state index contributed by atoms with van der Waals surface area (Å²) < 4.78 is 32.3. The Morgan fingerprint density at radius 2 is 1.70 bits per heavy atom. The van der Waals surface area contributed by atoms with Crippen LogP contribution in [0.2, 0.25) is 0 Å². The molecule has 1 aromatic carbocycles. The lowest BCUT2D eigenvalue weighted by atomic mass is 10.1. The molecule has 0 bridgehead atoms. The van der Waals surface area contributed by atoms with E-state index in [-0.39, 0.29) is 29.5 Å². The van der Waals surface area contributed by atoms with Crippen LogP contribution >= 0.6 is 0 Å². The number of hydrogen-bond donors (Lipinski definition) is 1. The molecule has 0 spiro atoms. The lowest BCUT2D eigenvalue weighted by Gasteiger charge is -2.33. The molecule has 2 amide bonds. The zero-order chi connectivity index (χ0) is 22.7. The van der Waals surface area contributed by atoms with Crippen LogP contribution in [0, 0.1) is 0 Å². The minimum absolute atomic E-state index is 0.0360. The first-order valence-electron chi connectivity index (χ1n) is 9.70. The Morgan fingerprint density at radius 1 is 1.10 bits per heavy atom. The lowest BCUT2D eigenvalue weighted by Crippen LogP contribution is -2.49. The molecule has 1 atom stereocenters. The molecule has 9 nitrogen and oxygen atoms in total. The molecular weight excluding hydrogens is 410 g/mol. The maximum absolute atomic E-state index is 12.9. The lowest BCUT2D eigenvalue weighted by molar-refractivity contribution is -0.131. The van der Waals surface area contributed by atoms with E-state index in [1.165, 1.54) is 42.4 Å². The number of sulfonamides is 1. The van der Waals surface area contributed by atoms with E-state index in [9.17, 15) is 22.8 Å². The van der Waals surface area contributed by atoms with Gasteiger partial charge in [0.1, 0.15) is 0 Å². The standard InChI is InChI=1S/C20H29N3O6S/c1-14(18(25)21-20(3,4)5)29-19(26)16-7-6-8-17(13-16)30(27,28)23-11-9-22(10-12-23)15(2)24/h6-8,13-14H,9-12H2,1-5H3,(H,21,25). The Balaban J connectivity index is 2.11. The SMILES string of the molecule is CC(=O)N1CCN(S(=O)(=O)c2cccc(C(=O)OC(C)C(=O)NC(C)(C)C)c2)CC1. The molecule has 1 heterocycles. The average molecular weight is 440 g/mol. The number of piperazine rings is 1. The molecular formula is C20H29N3O6S. The van der Waals surface area contributed by atoms with E-state index < -0.39 is 33.5 Å². The minimum Gasteiger partial charge on any atom is -0.449 e. The van der Waals surface area contributed by atoms with Gasteiger partial charge in [-0.3, -0.25) is 9.59 Å². The molecule has 1 aromatic rings. The molecule has 166 valence electrons. The van der Waals surface area contributed by atoms with Crippen molar-refractivity contribution in [3.63, 3.8) is 0 Å². The molecule has 1 aliphatic heterocycles. The van der Waals surface area contributed by atoms with Gasteiger partial charge in [-0.2, -0.15) is 4.31 Å². The highest BCUT2D eigenvalue weighted by atomic mass is 32.2. The van der Waals surface area contributed by atoms with Crippen LogP contribution in [0.25, 0.3) is 0 Å². The molecule has 0 saturated carbocycles. The first-order chi connectivity index (χ1) is 13.8. The molecule has 2 rings (SSSR count). The first kappa shape index (κ1) is 23.8. The molecule has 1 N–H and O–H groups in total. The largest absolute Gasteiger partial charge is 0.449 e. The maximum Gasteiger partial charge on any atom is 0.338 e. The third-order valence-corrected chi connectivity index (χ3v) is 6.44. The van der Waals surface area contributed by atoms with Crippen LogP contribution in [-0.2, 0) is 24.3 Å². The first-order valence-corrected chi connectivity index (χ1v) is 11.1. The smallest absolute Gasteiger partial charge is 0.338 e. The predicted octanol–water partition coefficient (Wildman–Crippen LogP) is 0.999. The van der Waals surface area contributed by atoms with E-state index in [0.29, 0.717) is 13.1 Å². The molecule has 0 aromatic heterocycles. The molecule has 0 aliphatic carbocycles. The third kappa shape index (κ3) is 6.02. The van der Waals surface area contributed by atoms with Gasteiger partial charge in [0.25, 0.3) is 5.91 Å². The maximum atomic E-state index is 12.9. The number of amides is 2. The van der Waals surface area contributed by atoms with Gasteiger partial charge >= 0.3 is 5.97 Å². The van der Waals surface area contributed by atoms with Gasteiger partial charge in [0.2, 0.25) is 15.9 Å². The van der Waals surface area contributed by atoms with Crippen molar-refractivity contribution in [3.8, 4) is 0 Å².